The summed E-state index contributed by atoms with van der Waals surface area (Å²) in [6, 6.07) is 10.0. The van der Waals surface area contributed by atoms with E-state index in [1.165, 1.54) is 50.5 Å². The fraction of sp³-hybridized carbons (Fsp3) is 0.318. The highest BCUT2D eigenvalue weighted by atomic mass is 32.2. The molecule has 0 aromatic heterocycles. The van der Waals surface area contributed by atoms with Crippen LogP contribution < -0.4 is 0 Å². The molecule has 0 N–H and O–H groups in total. The van der Waals surface area contributed by atoms with Crippen molar-refractivity contribution in [2.45, 2.75) is 30.3 Å². The highest BCUT2D eigenvalue weighted by molar-refractivity contribution is 7.89. The van der Waals surface area contributed by atoms with Crippen molar-refractivity contribution in [3.63, 3.8) is 0 Å². The van der Waals surface area contributed by atoms with Crippen LogP contribution in [0.1, 0.15) is 40.0 Å². The Bertz CT molecular complexity index is 1110. The highest BCUT2D eigenvalue weighted by Crippen LogP contribution is 2.20. The number of ether oxygens (including phenoxy) is 1. The zero-order valence-electron chi connectivity index (χ0n) is 17.7. The lowest BCUT2D eigenvalue weighted by Gasteiger charge is -2.23. The van der Waals surface area contributed by atoms with E-state index in [0.717, 1.165) is 21.3 Å². The number of carbonyl (C=O) groups is 3. The number of halogens is 1. The summed E-state index contributed by atoms with van der Waals surface area (Å²) in [6.45, 7) is 0.167. The molecule has 1 fully saturated rings. The number of hydrogen-bond donors (Lipinski definition) is 0. The van der Waals surface area contributed by atoms with Gasteiger partial charge in [0.1, 0.15) is 5.82 Å². The fourth-order valence-corrected chi connectivity index (χ4v) is 4.14. The molecule has 1 aliphatic heterocycles. The summed E-state index contributed by atoms with van der Waals surface area (Å²) < 4.78 is 43.9. The van der Waals surface area contributed by atoms with Gasteiger partial charge in [-0.25, -0.2) is 21.9 Å². The minimum atomic E-state index is -3.65. The molecule has 2 aromatic rings. The maximum atomic E-state index is 13.1. The number of esters is 1. The Morgan fingerprint density at radius 1 is 1.00 bits per heavy atom. The number of hydrogen-bond acceptors (Lipinski definition) is 6. The first-order valence-corrected chi connectivity index (χ1v) is 11.4. The van der Waals surface area contributed by atoms with E-state index in [2.05, 4.69) is 0 Å². The van der Waals surface area contributed by atoms with Crippen LogP contribution in [0.4, 0.5) is 4.39 Å². The molecule has 0 aliphatic carbocycles. The quantitative estimate of drug-likeness (QED) is 0.500. The molecule has 0 spiro atoms. The first-order chi connectivity index (χ1) is 15.1. The van der Waals surface area contributed by atoms with Crippen molar-refractivity contribution in [2.24, 2.45) is 0 Å². The van der Waals surface area contributed by atoms with Gasteiger partial charge in [0.2, 0.25) is 10.0 Å². The van der Waals surface area contributed by atoms with Gasteiger partial charge in [-0.1, -0.05) is 0 Å². The van der Waals surface area contributed by atoms with Crippen LogP contribution >= 0.6 is 0 Å². The van der Waals surface area contributed by atoms with Gasteiger partial charge in [-0.3, -0.25) is 14.5 Å². The number of amides is 2. The molecular formula is C22H23FN2O6S. The summed E-state index contributed by atoms with van der Waals surface area (Å²) in [5.41, 5.74) is 0.237. The van der Waals surface area contributed by atoms with E-state index in [0.29, 0.717) is 12.8 Å². The average Bonchev–Trinajstić information content (AvgIpc) is 2.95. The normalized spacial score (nSPS) is 17.2. The number of benzene rings is 2. The molecule has 0 saturated carbocycles. The summed E-state index contributed by atoms with van der Waals surface area (Å²) in [4.78, 5) is 39.3. The smallest absolute Gasteiger partial charge is 0.338 e. The van der Waals surface area contributed by atoms with Gasteiger partial charge in [0, 0.05) is 26.2 Å². The SMILES string of the molecule is CN(C)S(=O)(=O)c1ccc(C(=O)OC2CCCCN(C(=O)c3ccc(F)cc3)C2=O)cc1. The van der Waals surface area contributed by atoms with Crippen LogP contribution in [-0.4, -0.2) is 62.2 Å². The standard InChI is InChI=1S/C22H23FN2O6S/c1-24(2)32(29,30)18-12-8-16(9-13-18)22(28)31-19-5-3-4-14-25(21(19)27)20(26)15-6-10-17(23)11-7-15/h6-13,19H,3-5,14H2,1-2H3. The Hall–Kier alpha value is -3.11. The van der Waals surface area contributed by atoms with Crippen LogP contribution in [-0.2, 0) is 19.6 Å². The highest BCUT2D eigenvalue weighted by Gasteiger charge is 2.34. The predicted molar refractivity (Wildman–Crippen MR) is 113 cm³/mol. The minimum absolute atomic E-state index is 0.0145. The van der Waals surface area contributed by atoms with Crippen molar-refractivity contribution < 1.29 is 31.9 Å². The molecule has 1 aliphatic rings. The van der Waals surface area contributed by atoms with Crippen LogP contribution in [0.2, 0.25) is 0 Å². The van der Waals surface area contributed by atoms with E-state index in [4.69, 9.17) is 4.74 Å². The third-order valence-electron chi connectivity index (χ3n) is 5.09. The number of rotatable bonds is 5. The first-order valence-electron chi connectivity index (χ1n) is 9.96. The second-order valence-electron chi connectivity index (χ2n) is 7.50. The lowest BCUT2D eigenvalue weighted by molar-refractivity contribution is -0.137. The van der Waals surface area contributed by atoms with Gasteiger partial charge in [-0.2, -0.15) is 0 Å². The number of likely N-dealkylation sites (tertiary alicyclic amines) is 1. The van der Waals surface area contributed by atoms with E-state index >= 15 is 0 Å². The van der Waals surface area contributed by atoms with Gasteiger partial charge in [-0.15, -0.1) is 0 Å². The van der Waals surface area contributed by atoms with E-state index < -0.39 is 39.7 Å². The topological polar surface area (TPSA) is 101 Å². The van der Waals surface area contributed by atoms with Crippen LogP contribution in [0.15, 0.2) is 53.4 Å². The number of carbonyl (C=O) groups excluding carboxylic acids is 3. The van der Waals surface area contributed by atoms with Gasteiger partial charge in [0.15, 0.2) is 6.10 Å². The minimum Gasteiger partial charge on any atom is -0.449 e. The van der Waals surface area contributed by atoms with Crippen molar-refractivity contribution in [1.82, 2.24) is 9.21 Å². The van der Waals surface area contributed by atoms with Crippen molar-refractivity contribution in [2.75, 3.05) is 20.6 Å². The maximum Gasteiger partial charge on any atom is 0.338 e. The van der Waals surface area contributed by atoms with Crippen LogP contribution in [0.25, 0.3) is 0 Å². The summed E-state index contributed by atoms with van der Waals surface area (Å²) in [5, 5.41) is 0. The molecule has 1 heterocycles. The second-order valence-corrected chi connectivity index (χ2v) is 9.66. The van der Waals surface area contributed by atoms with Crippen LogP contribution in [0.3, 0.4) is 0 Å². The van der Waals surface area contributed by atoms with E-state index in [-0.39, 0.29) is 29.0 Å². The molecule has 1 unspecified atom stereocenters. The molecule has 8 nitrogen and oxygen atoms in total. The van der Waals surface area contributed by atoms with Crippen LogP contribution in [0, 0.1) is 5.82 Å². The third-order valence-corrected chi connectivity index (χ3v) is 6.92. The van der Waals surface area contributed by atoms with E-state index in [1.54, 1.807) is 0 Å². The van der Waals surface area contributed by atoms with Gasteiger partial charge < -0.3 is 4.74 Å². The molecule has 32 heavy (non-hydrogen) atoms. The van der Waals surface area contributed by atoms with E-state index in [1.807, 2.05) is 0 Å². The predicted octanol–water partition coefficient (Wildman–Crippen LogP) is 2.45. The van der Waals surface area contributed by atoms with Crippen molar-refractivity contribution in [1.29, 1.82) is 0 Å². The molecule has 2 amide bonds. The molecule has 10 heteroatoms. The van der Waals surface area contributed by atoms with E-state index in [9.17, 15) is 27.2 Å². The second kappa shape index (κ2) is 9.58. The Kier molecular flexibility index (Phi) is 7.05. The number of imide groups is 1. The zero-order valence-corrected chi connectivity index (χ0v) is 18.5. The number of sulfonamides is 1. The molecule has 0 radical (unpaired) electrons. The molecule has 1 atom stereocenters. The lowest BCUT2D eigenvalue weighted by Crippen LogP contribution is -2.43. The Balaban J connectivity index is 1.74. The van der Waals surface area contributed by atoms with Crippen molar-refractivity contribution in [3.8, 4) is 0 Å². The van der Waals surface area contributed by atoms with Crippen molar-refractivity contribution >= 4 is 27.8 Å². The Morgan fingerprint density at radius 3 is 2.19 bits per heavy atom. The molecule has 1 saturated heterocycles. The van der Waals surface area contributed by atoms with Crippen LogP contribution in [0.5, 0.6) is 0 Å². The Labute approximate surface area is 185 Å². The summed E-state index contributed by atoms with van der Waals surface area (Å²) in [7, 11) is -0.853. The fourth-order valence-electron chi connectivity index (χ4n) is 3.24. The largest absolute Gasteiger partial charge is 0.449 e. The van der Waals surface area contributed by atoms with Gasteiger partial charge >= 0.3 is 5.97 Å². The molecular weight excluding hydrogens is 439 g/mol. The molecule has 2 aromatic carbocycles. The number of nitrogens with zero attached hydrogens (tertiary/aromatic N) is 2. The summed E-state index contributed by atoms with van der Waals surface area (Å²) in [5.74, 6) is -2.53. The zero-order chi connectivity index (χ0) is 23.5. The van der Waals surface area contributed by atoms with Gasteiger partial charge in [-0.05, 0) is 67.8 Å². The monoisotopic (exact) mass is 462 g/mol. The lowest BCUT2D eigenvalue weighted by atomic mass is 10.1. The maximum absolute atomic E-state index is 13.1. The van der Waals surface area contributed by atoms with Gasteiger partial charge in [0.05, 0.1) is 10.5 Å². The first kappa shape index (κ1) is 23.6. The molecule has 170 valence electrons. The summed E-state index contributed by atoms with van der Waals surface area (Å²) >= 11 is 0. The average molecular weight is 462 g/mol. The third kappa shape index (κ3) is 5.03. The Morgan fingerprint density at radius 2 is 1.59 bits per heavy atom. The van der Waals surface area contributed by atoms with Crippen molar-refractivity contribution in [3.05, 3.63) is 65.5 Å². The molecule has 0 bridgehead atoms. The molecule has 3 rings (SSSR count). The van der Waals surface area contributed by atoms with Gasteiger partial charge in [0.25, 0.3) is 11.8 Å². The summed E-state index contributed by atoms with van der Waals surface area (Å²) in [6.07, 6.45) is 0.213.